The predicted molar refractivity (Wildman–Crippen MR) is 164 cm³/mol. The number of hydrogen-bond acceptors (Lipinski definition) is 8. The molecule has 1 saturated heterocycles. The highest BCUT2D eigenvalue weighted by molar-refractivity contribution is 6.01. The molecule has 6 aliphatic rings. The van der Waals surface area contributed by atoms with Gasteiger partial charge in [0.1, 0.15) is 6.61 Å². The number of ether oxygens (including phenoxy) is 2. The van der Waals surface area contributed by atoms with Gasteiger partial charge in [0.2, 0.25) is 0 Å². The SMILES string of the molecule is C[C@]12C=CC(=O)C=C1CC[C@@H]1[C@@H]2[C@@H](O)C[C@@]2(C)[C@H]1C[C@H]1O[C@@H](c3ccn(Cc4ccc(N)c(C5(O)CC5)c4)c3)O[C@]12C(=O)CO. The Balaban J connectivity index is 1.07. The zero-order valence-corrected chi connectivity index (χ0v) is 25.8. The summed E-state index contributed by atoms with van der Waals surface area (Å²) in [5.74, 6) is -0.335. The lowest BCUT2D eigenvalue weighted by atomic mass is 9.46. The van der Waals surface area contributed by atoms with Gasteiger partial charge in [-0.05, 0) is 86.3 Å². The van der Waals surface area contributed by atoms with Crippen LogP contribution in [0.4, 0.5) is 5.69 Å². The van der Waals surface area contributed by atoms with Crippen molar-refractivity contribution in [3.63, 3.8) is 0 Å². The standard InChI is InChI=1S/C36H42N2O7/c1-33-9-7-23(40)14-22(33)4-5-24-25-15-30-36(29(42)19-39,34(25,2)16-28(41)31(24)33)45-32(44-30)21-8-12-38(18-21)17-20-3-6-27(37)26(13-20)35(43)10-11-35/h3,6-9,12-14,18,24-25,28,30-32,39,41,43H,4-5,10-11,15-17,19,37H2,1-2H3/t24-,25-,28-,30+,31+,32+,33-,34-,36+/m0/s1. The number of hydrogen-bond donors (Lipinski definition) is 4. The molecular formula is C36H42N2O7. The molecule has 0 radical (unpaired) electrons. The van der Waals surface area contributed by atoms with E-state index in [1.54, 1.807) is 12.2 Å². The molecule has 5 N–H and O–H groups in total. The van der Waals surface area contributed by atoms with Crippen LogP contribution in [0.3, 0.4) is 0 Å². The largest absolute Gasteiger partial charge is 0.398 e. The van der Waals surface area contributed by atoms with Crippen LogP contribution in [-0.4, -0.2) is 55.9 Å². The molecule has 0 bridgehead atoms. The number of aliphatic hydroxyl groups excluding tert-OH is 2. The van der Waals surface area contributed by atoms with E-state index >= 15 is 0 Å². The molecule has 9 heteroatoms. The van der Waals surface area contributed by atoms with Crippen molar-refractivity contribution in [3.8, 4) is 0 Å². The van der Waals surface area contributed by atoms with E-state index in [1.165, 1.54) is 0 Å². The fourth-order valence-electron chi connectivity index (χ4n) is 10.2. The van der Waals surface area contributed by atoms with E-state index in [0.29, 0.717) is 37.9 Å². The maximum Gasteiger partial charge on any atom is 0.193 e. The number of anilines is 1. The maximum atomic E-state index is 13.8. The lowest BCUT2D eigenvalue weighted by molar-refractivity contribution is -0.201. The van der Waals surface area contributed by atoms with Gasteiger partial charge in [-0.3, -0.25) is 9.59 Å². The molecule has 238 valence electrons. The van der Waals surface area contributed by atoms with Crippen molar-refractivity contribution in [3.05, 3.63) is 77.2 Å². The molecule has 1 aromatic heterocycles. The number of aliphatic hydroxyl groups is 3. The summed E-state index contributed by atoms with van der Waals surface area (Å²) in [6, 6.07) is 7.69. The number of fused-ring (bicyclic) bond motifs is 7. The van der Waals surface area contributed by atoms with Crippen LogP contribution in [0.5, 0.6) is 0 Å². The molecule has 1 aliphatic heterocycles. The zero-order valence-electron chi connectivity index (χ0n) is 25.8. The third kappa shape index (κ3) is 4.04. The van der Waals surface area contributed by atoms with E-state index in [4.69, 9.17) is 15.2 Å². The normalized spacial score (nSPS) is 40.7. The number of nitrogens with two attached hydrogens (primary N) is 1. The van der Waals surface area contributed by atoms with Gasteiger partial charge in [-0.25, -0.2) is 0 Å². The number of rotatable bonds is 6. The first-order valence-electron chi connectivity index (χ1n) is 16.3. The Morgan fingerprint density at radius 2 is 2.00 bits per heavy atom. The highest BCUT2D eigenvalue weighted by Crippen LogP contribution is 2.70. The summed E-state index contributed by atoms with van der Waals surface area (Å²) in [6.07, 6.45) is 11.1. The molecule has 9 atom stereocenters. The second kappa shape index (κ2) is 9.72. The molecule has 5 aliphatic carbocycles. The number of carbonyl (C=O) groups is 2. The summed E-state index contributed by atoms with van der Waals surface area (Å²) in [5.41, 5.74) is 7.02. The van der Waals surface area contributed by atoms with E-state index in [0.717, 1.165) is 35.1 Å². The van der Waals surface area contributed by atoms with Gasteiger partial charge < -0.3 is 35.1 Å². The molecule has 0 unspecified atom stereocenters. The first-order chi connectivity index (χ1) is 21.4. The highest BCUT2D eigenvalue weighted by atomic mass is 16.7. The molecule has 9 nitrogen and oxygen atoms in total. The summed E-state index contributed by atoms with van der Waals surface area (Å²) < 4.78 is 15.3. The first kappa shape index (κ1) is 29.3. The number of Topliss-reactive ketones (excluding diaryl/α,β-unsaturated/α-hetero) is 1. The van der Waals surface area contributed by atoms with Crippen LogP contribution >= 0.6 is 0 Å². The van der Waals surface area contributed by atoms with Gasteiger partial charge in [0.05, 0.1) is 17.8 Å². The molecule has 2 aromatic rings. The summed E-state index contributed by atoms with van der Waals surface area (Å²) in [5, 5.41) is 32.8. The lowest BCUT2D eigenvalue weighted by Crippen LogP contribution is -2.63. The van der Waals surface area contributed by atoms with E-state index < -0.39 is 52.9 Å². The van der Waals surface area contributed by atoms with E-state index in [2.05, 4.69) is 6.92 Å². The van der Waals surface area contributed by atoms with Gasteiger partial charge >= 0.3 is 0 Å². The van der Waals surface area contributed by atoms with Crippen LogP contribution < -0.4 is 5.73 Å². The summed E-state index contributed by atoms with van der Waals surface area (Å²) in [4.78, 5) is 26.0. The number of aromatic nitrogens is 1. The fourth-order valence-corrected chi connectivity index (χ4v) is 10.2. The van der Waals surface area contributed by atoms with Crippen molar-refractivity contribution in [1.29, 1.82) is 0 Å². The van der Waals surface area contributed by atoms with Gasteiger partial charge in [0.25, 0.3) is 0 Å². The van der Waals surface area contributed by atoms with Crippen molar-refractivity contribution in [2.45, 2.75) is 88.6 Å². The van der Waals surface area contributed by atoms with Crippen molar-refractivity contribution >= 4 is 17.3 Å². The fraction of sp³-hybridized carbons (Fsp3) is 0.556. The molecule has 0 spiro atoms. The Hall–Kier alpha value is -3.08. The van der Waals surface area contributed by atoms with Crippen molar-refractivity contribution < 1.29 is 34.4 Å². The molecule has 45 heavy (non-hydrogen) atoms. The van der Waals surface area contributed by atoms with E-state index in [-0.39, 0.29) is 23.5 Å². The second-order valence-electron chi connectivity index (χ2n) is 14.9. The highest BCUT2D eigenvalue weighted by Gasteiger charge is 2.75. The van der Waals surface area contributed by atoms with Gasteiger partial charge in [0, 0.05) is 52.5 Å². The van der Waals surface area contributed by atoms with Gasteiger partial charge in [0.15, 0.2) is 23.5 Å². The smallest absolute Gasteiger partial charge is 0.193 e. The van der Waals surface area contributed by atoms with Crippen LogP contribution in [0.25, 0.3) is 0 Å². The Morgan fingerprint density at radius 1 is 1.20 bits per heavy atom. The molecule has 4 saturated carbocycles. The second-order valence-corrected chi connectivity index (χ2v) is 14.9. The van der Waals surface area contributed by atoms with E-state index in [9.17, 15) is 24.9 Å². The minimum Gasteiger partial charge on any atom is -0.398 e. The zero-order chi connectivity index (χ0) is 31.5. The van der Waals surface area contributed by atoms with Crippen molar-refractivity contribution in [2.75, 3.05) is 12.3 Å². The Bertz CT molecular complexity index is 1660. The number of nitrogen functional groups attached to an aromatic ring is 1. The van der Waals surface area contributed by atoms with Crippen LogP contribution in [-0.2, 0) is 31.2 Å². The number of ketones is 2. The number of benzene rings is 1. The summed E-state index contributed by atoms with van der Waals surface area (Å²) in [7, 11) is 0. The average Bonchev–Trinajstić information content (AvgIpc) is 3.32. The van der Waals surface area contributed by atoms with Crippen LogP contribution in [0, 0.1) is 28.6 Å². The van der Waals surface area contributed by atoms with Crippen molar-refractivity contribution in [2.24, 2.45) is 28.6 Å². The Kier molecular flexibility index (Phi) is 6.33. The minimum absolute atomic E-state index is 0.00402. The molecule has 1 aromatic carbocycles. The first-order valence-corrected chi connectivity index (χ1v) is 16.3. The van der Waals surface area contributed by atoms with Gasteiger partial charge in [-0.1, -0.05) is 31.6 Å². The molecule has 2 heterocycles. The molecule has 0 amide bonds. The average molecular weight is 615 g/mol. The van der Waals surface area contributed by atoms with Crippen LogP contribution in [0.1, 0.15) is 75.4 Å². The maximum absolute atomic E-state index is 13.8. The number of allylic oxidation sites excluding steroid dienone is 4. The topological polar surface area (TPSA) is 144 Å². The predicted octanol–water partition coefficient (Wildman–Crippen LogP) is 3.70. The lowest BCUT2D eigenvalue weighted by Gasteiger charge is -2.59. The molecule has 8 rings (SSSR count). The van der Waals surface area contributed by atoms with E-state index in [1.807, 2.05) is 54.2 Å². The molecule has 5 fully saturated rings. The van der Waals surface area contributed by atoms with Gasteiger partial charge in [-0.2, -0.15) is 0 Å². The van der Waals surface area contributed by atoms with Crippen LogP contribution in [0.2, 0.25) is 0 Å². The number of carbonyl (C=O) groups excluding carboxylic acids is 2. The number of nitrogens with zero attached hydrogens (tertiary/aromatic N) is 1. The Labute approximate surface area is 262 Å². The summed E-state index contributed by atoms with van der Waals surface area (Å²) in [6.45, 7) is 4.06. The minimum atomic E-state index is -1.38. The third-order valence-electron chi connectivity index (χ3n) is 12.5. The van der Waals surface area contributed by atoms with Crippen LogP contribution in [0.15, 0.2) is 60.5 Å². The monoisotopic (exact) mass is 614 g/mol. The van der Waals surface area contributed by atoms with Crippen molar-refractivity contribution in [1.82, 2.24) is 4.57 Å². The van der Waals surface area contributed by atoms with Gasteiger partial charge in [-0.15, -0.1) is 0 Å². The Morgan fingerprint density at radius 3 is 2.76 bits per heavy atom. The quantitative estimate of drug-likeness (QED) is 0.361. The molecular weight excluding hydrogens is 572 g/mol. The summed E-state index contributed by atoms with van der Waals surface area (Å²) >= 11 is 0. The third-order valence-corrected chi connectivity index (χ3v) is 12.5.